The van der Waals surface area contributed by atoms with Crippen molar-refractivity contribution in [2.24, 2.45) is 5.92 Å². The van der Waals surface area contributed by atoms with Gasteiger partial charge in [0.2, 0.25) is 0 Å². The fourth-order valence-electron chi connectivity index (χ4n) is 2.07. The van der Waals surface area contributed by atoms with Gasteiger partial charge in [0, 0.05) is 6.04 Å². The summed E-state index contributed by atoms with van der Waals surface area (Å²) < 4.78 is 5.30. The van der Waals surface area contributed by atoms with Crippen LogP contribution in [0.25, 0.3) is 0 Å². The smallest absolute Gasteiger partial charge is 0.412 e. The van der Waals surface area contributed by atoms with Gasteiger partial charge in [-0.05, 0) is 45.2 Å². The van der Waals surface area contributed by atoms with Crippen molar-refractivity contribution in [3.63, 3.8) is 0 Å². The lowest BCUT2D eigenvalue weighted by molar-refractivity contribution is 0.0636. The van der Waals surface area contributed by atoms with Crippen molar-refractivity contribution in [1.29, 1.82) is 0 Å². The second kappa shape index (κ2) is 7.34. The highest BCUT2D eigenvalue weighted by molar-refractivity contribution is 5.89. The molecule has 1 atom stereocenters. The number of para-hydroxylation sites is 2. The molecule has 4 heteroatoms. The third kappa shape index (κ3) is 6.06. The monoisotopic (exact) mass is 292 g/mol. The Morgan fingerprint density at radius 2 is 1.76 bits per heavy atom. The second-order valence-corrected chi connectivity index (χ2v) is 6.58. The minimum atomic E-state index is -0.504. The van der Waals surface area contributed by atoms with E-state index in [-0.39, 0.29) is 0 Å². The number of amides is 1. The van der Waals surface area contributed by atoms with E-state index < -0.39 is 11.7 Å². The zero-order chi connectivity index (χ0) is 16.0. The van der Waals surface area contributed by atoms with Crippen molar-refractivity contribution in [3.8, 4) is 0 Å². The van der Waals surface area contributed by atoms with Crippen LogP contribution in [0.2, 0.25) is 0 Å². The van der Waals surface area contributed by atoms with E-state index in [1.165, 1.54) is 0 Å². The van der Waals surface area contributed by atoms with E-state index in [1.54, 1.807) is 0 Å². The number of benzene rings is 1. The van der Waals surface area contributed by atoms with Gasteiger partial charge in [-0.2, -0.15) is 0 Å². The largest absolute Gasteiger partial charge is 0.444 e. The number of anilines is 2. The first kappa shape index (κ1) is 17.3. The molecule has 0 aliphatic heterocycles. The van der Waals surface area contributed by atoms with Gasteiger partial charge in [0.15, 0.2) is 0 Å². The summed E-state index contributed by atoms with van der Waals surface area (Å²) in [6.07, 6.45) is 0.590. The van der Waals surface area contributed by atoms with E-state index in [9.17, 15) is 4.79 Å². The third-order valence-electron chi connectivity index (χ3n) is 3.15. The first-order valence-corrected chi connectivity index (χ1v) is 7.58. The number of hydrogen-bond donors (Lipinski definition) is 2. The number of carbonyl (C=O) groups excluding carboxylic acids is 1. The van der Waals surface area contributed by atoms with Crippen LogP contribution in [-0.2, 0) is 4.74 Å². The summed E-state index contributed by atoms with van der Waals surface area (Å²) >= 11 is 0. The highest BCUT2D eigenvalue weighted by atomic mass is 16.6. The molecule has 1 unspecified atom stereocenters. The van der Waals surface area contributed by atoms with E-state index in [4.69, 9.17) is 4.74 Å². The van der Waals surface area contributed by atoms with Crippen LogP contribution in [-0.4, -0.2) is 17.7 Å². The zero-order valence-corrected chi connectivity index (χ0v) is 14.0. The van der Waals surface area contributed by atoms with Gasteiger partial charge in [0.25, 0.3) is 0 Å². The van der Waals surface area contributed by atoms with Gasteiger partial charge in [-0.3, -0.25) is 5.32 Å². The van der Waals surface area contributed by atoms with E-state index in [0.717, 1.165) is 17.8 Å². The van der Waals surface area contributed by atoms with Crippen molar-refractivity contribution in [2.45, 2.75) is 59.6 Å². The zero-order valence-electron chi connectivity index (χ0n) is 14.0. The number of hydrogen-bond acceptors (Lipinski definition) is 3. The minimum Gasteiger partial charge on any atom is -0.444 e. The molecule has 0 bridgehead atoms. The Kier molecular flexibility index (Phi) is 6.06. The summed E-state index contributed by atoms with van der Waals surface area (Å²) in [7, 11) is 0. The van der Waals surface area contributed by atoms with Crippen LogP contribution in [0.5, 0.6) is 0 Å². The summed E-state index contributed by atoms with van der Waals surface area (Å²) in [5, 5.41) is 6.31. The first-order chi connectivity index (χ1) is 9.73. The van der Waals surface area contributed by atoms with Gasteiger partial charge in [0.1, 0.15) is 5.60 Å². The molecule has 0 aliphatic rings. The Bertz CT molecular complexity index is 464. The summed E-state index contributed by atoms with van der Waals surface area (Å²) in [5.74, 6) is 0.518. The highest BCUT2D eigenvalue weighted by Gasteiger charge is 2.18. The van der Waals surface area contributed by atoms with E-state index >= 15 is 0 Å². The van der Waals surface area contributed by atoms with E-state index in [2.05, 4.69) is 31.4 Å². The fourth-order valence-corrected chi connectivity index (χ4v) is 2.07. The molecular formula is C17H28N2O2. The molecule has 1 amide bonds. The molecule has 1 aromatic rings. The Morgan fingerprint density at radius 3 is 2.24 bits per heavy atom. The van der Waals surface area contributed by atoms with Crippen molar-refractivity contribution >= 4 is 17.5 Å². The van der Waals surface area contributed by atoms with E-state index in [1.807, 2.05) is 45.0 Å². The predicted molar refractivity (Wildman–Crippen MR) is 88.8 cm³/mol. The van der Waals surface area contributed by atoms with Crippen LogP contribution in [0.4, 0.5) is 16.2 Å². The number of nitrogens with one attached hydrogen (secondary N) is 2. The Labute approximate surface area is 128 Å². The fraction of sp³-hybridized carbons (Fsp3) is 0.588. The third-order valence-corrected chi connectivity index (χ3v) is 3.15. The van der Waals surface area contributed by atoms with Crippen LogP contribution in [0.3, 0.4) is 0 Å². The average Bonchev–Trinajstić information content (AvgIpc) is 2.34. The summed E-state index contributed by atoms with van der Waals surface area (Å²) in [6.45, 7) is 12.1. The number of ether oxygens (including phenoxy) is 1. The molecule has 0 radical (unpaired) electrons. The SMILES string of the molecule is CCC(Nc1ccccc1NC(=O)OC(C)(C)C)C(C)C. The summed E-state index contributed by atoms with van der Waals surface area (Å²) in [5.41, 5.74) is 1.16. The van der Waals surface area contributed by atoms with Gasteiger partial charge < -0.3 is 10.1 Å². The maximum absolute atomic E-state index is 11.9. The molecule has 2 N–H and O–H groups in total. The van der Waals surface area contributed by atoms with Crippen LogP contribution >= 0.6 is 0 Å². The lowest BCUT2D eigenvalue weighted by Gasteiger charge is -2.24. The first-order valence-electron chi connectivity index (χ1n) is 7.58. The van der Waals surface area contributed by atoms with Gasteiger partial charge in [0.05, 0.1) is 11.4 Å². The molecule has 0 heterocycles. The minimum absolute atomic E-state index is 0.367. The normalized spacial score (nSPS) is 12.9. The van der Waals surface area contributed by atoms with Gasteiger partial charge >= 0.3 is 6.09 Å². The molecule has 0 aromatic heterocycles. The standard InChI is InChI=1S/C17H28N2O2/c1-7-13(12(2)3)18-14-10-8-9-11-15(14)19-16(20)21-17(4,5)6/h8-13,18H,7H2,1-6H3,(H,19,20). The molecule has 21 heavy (non-hydrogen) atoms. The molecule has 0 saturated carbocycles. The van der Waals surface area contributed by atoms with Crippen molar-refractivity contribution in [3.05, 3.63) is 24.3 Å². The average molecular weight is 292 g/mol. The van der Waals surface area contributed by atoms with Gasteiger partial charge in [-0.15, -0.1) is 0 Å². The molecule has 0 fully saturated rings. The molecule has 1 rings (SSSR count). The molecule has 4 nitrogen and oxygen atoms in total. The quantitative estimate of drug-likeness (QED) is 0.813. The van der Waals surface area contributed by atoms with Crippen LogP contribution in [0, 0.1) is 5.92 Å². The molecule has 118 valence electrons. The van der Waals surface area contributed by atoms with Crippen LogP contribution in [0.1, 0.15) is 48.0 Å². The lowest BCUT2D eigenvalue weighted by atomic mass is 10.0. The molecule has 0 spiro atoms. The number of rotatable bonds is 5. The summed E-state index contributed by atoms with van der Waals surface area (Å²) in [6, 6.07) is 8.06. The summed E-state index contributed by atoms with van der Waals surface area (Å²) in [4.78, 5) is 11.9. The molecule has 0 saturated heterocycles. The molecular weight excluding hydrogens is 264 g/mol. The van der Waals surface area contributed by atoms with Crippen LogP contribution < -0.4 is 10.6 Å². The maximum Gasteiger partial charge on any atom is 0.412 e. The molecule has 0 aliphatic carbocycles. The van der Waals surface area contributed by atoms with Crippen molar-refractivity contribution in [2.75, 3.05) is 10.6 Å². The topological polar surface area (TPSA) is 50.4 Å². The Balaban J connectivity index is 2.82. The van der Waals surface area contributed by atoms with Gasteiger partial charge in [-0.25, -0.2) is 4.79 Å². The van der Waals surface area contributed by atoms with Crippen molar-refractivity contribution < 1.29 is 9.53 Å². The highest BCUT2D eigenvalue weighted by Crippen LogP contribution is 2.24. The number of carbonyl (C=O) groups is 1. The molecule has 1 aromatic carbocycles. The maximum atomic E-state index is 11.9. The lowest BCUT2D eigenvalue weighted by Crippen LogP contribution is -2.28. The van der Waals surface area contributed by atoms with Crippen molar-refractivity contribution in [1.82, 2.24) is 0 Å². The Hall–Kier alpha value is -1.71. The Morgan fingerprint density at radius 1 is 1.19 bits per heavy atom. The van der Waals surface area contributed by atoms with Crippen LogP contribution in [0.15, 0.2) is 24.3 Å². The second-order valence-electron chi connectivity index (χ2n) is 6.58. The predicted octanol–water partition coefficient (Wildman–Crippen LogP) is 4.88. The van der Waals surface area contributed by atoms with Gasteiger partial charge in [-0.1, -0.05) is 32.9 Å². The van der Waals surface area contributed by atoms with E-state index in [0.29, 0.717) is 12.0 Å².